The van der Waals surface area contributed by atoms with Crippen LogP contribution in [0.2, 0.25) is 5.02 Å². The molecule has 1 saturated heterocycles. The smallest absolute Gasteiger partial charge is 0.252 e. The summed E-state index contributed by atoms with van der Waals surface area (Å²) in [7, 11) is 0. The van der Waals surface area contributed by atoms with Crippen molar-refractivity contribution in [1.82, 2.24) is 5.32 Å². The first-order chi connectivity index (χ1) is 9.90. The fourth-order valence-electron chi connectivity index (χ4n) is 2.88. The highest BCUT2D eigenvalue weighted by Crippen LogP contribution is 2.42. The average Bonchev–Trinajstić information content (AvgIpc) is 3.21. The van der Waals surface area contributed by atoms with Crippen LogP contribution in [0.5, 0.6) is 0 Å². The standard InChI is InChI=1S/C15H16ClFN2O2/c1-15(9-2-3-9)14(21)19(5-4-13(20)18-15)12-7-10(16)6-11(17)8-12/h6-9H,2-5H2,1H3,(H,18,20). The van der Waals surface area contributed by atoms with Gasteiger partial charge >= 0.3 is 0 Å². The van der Waals surface area contributed by atoms with Gasteiger partial charge < -0.3 is 10.2 Å². The highest BCUT2D eigenvalue weighted by atomic mass is 35.5. The molecule has 1 aliphatic heterocycles. The van der Waals surface area contributed by atoms with Gasteiger partial charge in [-0.2, -0.15) is 0 Å². The van der Waals surface area contributed by atoms with Gasteiger partial charge in [0.05, 0.1) is 0 Å². The maximum absolute atomic E-state index is 13.5. The van der Waals surface area contributed by atoms with Gasteiger partial charge in [0.15, 0.2) is 0 Å². The zero-order chi connectivity index (χ0) is 15.2. The molecule has 3 rings (SSSR count). The van der Waals surface area contributed by atoms with Crippen molar-refractivity contribution >= 4 is 29.1 Å². The van der Waals surface area contributed by atoms with Crippen molar-refractivity contribution in [2.45, 2.75) is 31.7 Å². The van der Waals surface area contributed by atoms with Crippen molar-refractivity contribution in [3.63, 3.8) is 0 Å². The largest absolute Gasteiger partial charge is 0.342 e. The van der Waals surface area contributed by atoms with E-state index >= 15 is 0 Å². The van der Waals surface area contributed by atoms with Crippen LogP contribution in [0.3, 0.4) is 0 Å². The minimum atomic E-state index is -0.910. The van der Waals surface area contributed by atoms with Crippen LogP contribution in [-0.4, -0.2) is 23.9 Å². The number of hydrogen-bond donors (Lipinski definition) is 1. The van der Waals surface area contributed by atoms with Crippen molar-refractivity contribution < 1.29 is 14.0 Å². The van der Waals surface area contributed by atoms with E-state index in [2.05, 4.69) is 5.32 Å². The van der Waals surface area contributed by atoms with Gasteiger partial charge in [0.1, 0.15) is 11.4 Å². The highest BCUT2D eigenvalue weighted by Gasteiger charge is 2.51. The monoisotopic (exact) mass is 310 g/mol. The number of carbonyl (C=O) groups is 2. The van der Waals surface area contributed by atoms with E-state index in [1.165, 1.54) is 17.0 Å². The van der Waals surface area contributed by atoms with E-state index < -0.39 is 11.4 Å². The van der Waals surface area contributed by atoms with Crippen LogP contribution < -0.4 is 10.2 Å². The second-order valence-corrected chi connectivity index (χ2v) is 6.30. The molecule has 0 spiro atoms. The summed E-state index contributed by atoms with van der Waals surface area (Å²) in [5, 5.41) is 3.07. The summed E-state index contributed by atoms with van der Waals surface area (Å²) >= 11 is 5.87. The van der Waals surface area contributed by atoms with Crippen LogP contribution in [0.25, 0.3) is 0 Å². The first-order valence-corrected chi connectivity index (χ1v) is 7.37. The molecule has 112 valence electrons. The third-order valence-corrected chi connectivity index (χ3v) is 4.42. The molecule has 0 radical (unpaired) electrons. The molecule has 2 amide bonds. The molecule has 2 fully saturated rings. The summed E-state index contributed by atoms with van der Waals surface area (Å²) in [6.07, 6.45) is 2.03. The quantitative estimate of drug-likeness (QED) is 0.912. The lowest BCUT2D eigenvalue weighted by Crippen LogP contribution is -2.56. The topological polar surface area (TPSA) is 49.4 Å². The van der Waals surface area contributed by atoms with Crippen molar-refractivity contribution in [1.29, 1.82) is 0 Å². The summed E-state index contributed by atoms with van der Waals surface area (Å²) in [5.41, 5.74) is -0.514. The van der Waals surface area contributed by atoms with E-state index in [0.29, 0.717) is 5.69 Å². The van der Waals surface area contributed by atoms with Crippen LogP contribution in [0.15, 0.2) is 18.2 Å². The Morgan fingerprint density at radius 2 is 2.05 bits per heavy atom. The predicted molar refractivity (Wildman–Crippen MR) is 77.7 cm³/mol. The number of nitrogens with one attached hydrogen (secondary N) is 1. The number of benzene rings is 1. The number of hydrogen-bond acceptors (Lipinski definition) is 2. The summed E-state index contributed by atoms with van der Waals surface area (Å²) in [5.74, 6) is -0.694. The van der Waals surface area contributed by atoms with Crippen LogP contribution in [0.4, 0.5) is 10.1 Å². The molecule has 1 atom stereocenters. The number of anilines is 1. The molecule has 21 heavy (non-hydrogen) atoms. The Hall–Kier alpha value is -1.62. The van der Waals surface area contributed by atoms with Crippen LogP contribution in [0.1, 0.15) is 26.2 Å². The van der Waals surface area contributed by atoms with Gasteiger partial charge in [0, 0.05) is 23.7 Å². The van der Waals surface area contributed by atoms with Crippen molar-refractivity contribution in [3.8, 4) is 0 Å². The summed E-state index contributed by atoms with van der Waals surface area (Å²) in [6, 6.07) is 4.01. The van der Waals surface area contributed by atoms with Crippen LogP contribution in [-0.2, 0) is 9.59 Å². The zero-order valence-corrected chi connectivity index (χ0v) is 12.4. The SMILES string of the molecule is CC1(C2CC2)NC(=O)CCN(c2cc(F)cc(Cl)c2)C1=O. The molecule has 1 aromatic carbocycles. The summed E-state index contributed by atoms with van der Waals surface area (Å²) in [4.78, 5) is 26.2. The molecule has 0 bridgehead atoms. The summed E-state index contributed by atoms with van der Waals surface area (Å²) < 4.78 is 13.5. The Balaban J connectivity index is 2.00. The molecular weight excluding hydrogens is 295 g/mol. The number of amides is 2. The van der Waals surface area contributed by atoms with E-state index in [4.69, 9.17) is 11.6 Å². The first-order valence-electron chi connectivity index (χ1n) is 6.99. The average molecular weight is 311 g/mol. The van der Waals surface area contributed by atoms with E-state index in [0.717, 1.165) is 12.8 Å². The van der Waals surface area contributed by atoms with Gasteiger partial charge in [0.25, 0.3) is 5.91 Å². The minimum Gasteiger partial charge on any atom is -0.342 e. The van der Waals surface area contributed by atoms with Crippen LogP contribution >= 0.6 is 11.6 Å². The molecule has 0 aromatic heterocycles. The van der Waals surface area contributed by atoms with Gasteiger partial charge in [-0.15, -0.1) is 0 Å². The lowest BCUT2D eigenvalue weighted by atomic mass is 9.94. The number of nitrogens with zero attached hydrogens (tertiary/aromatic N) is 1. The Labute approximate surface area is 127 Å². The second-order valence-electron chi connectivity index (χ2n) is 5.86. The fourth-order valence-corrected chi connectivity index (χ4v) is 3.10. The maximum atomic E-state index is 13.5. The Morgan fingerprint density at radius 1 is 1.33 bits per heavy atom. The number of halogens is 2. The highest BCUT2D eigenvalue weighted by molar-refractivity contribution is 6.31. The van der Waals surface area contributed by atoms with Gasteiger partial charge in [-0.1, -0.05) is 11.6 Å². The molecule has 1 saturated carbocycles. The van der Waals surface area contributed by atoms with Crippen molar-refractivity contribution in [2.24, 2.45) is 5.92 Å². The molecule has 1 N–H and O–H groups in total. The lowest BCUT2D eigenvalue weighted by molar-refractivity contribution is -0.130. The maximum Gasteiger partial charge on any atom is 0.252 e. The molecule has 6 heteroatoms. The molecule has 2 aliphatic rings. The number of carbonyl (C=O) groups excluding carboxylic acids is 2. The Kier molecular flexibility index (Phi) is 3.40. The molecule has 1 aromatic rings. The predicted octanol–water partition coefficient (Wildman–Crippen LogP) is 2.50. The van der Waals surface area contributed by atoms with Crippen LogP contribution in [0, 0.1) is 11.7 Å². The Morgan fingerprint density at radius 3 is 2.67 bits per heavy atom. The Bertz CT molecular complexity index is 597. The molecule has 1 aliphatic carbocycles. The zero-order valence-electron chi connectivity index (χ0n) is 11.7. The van der Waals surface area contributed by atoms with Gasteiger partial charge in [0.2, 0.25) is 5.91 Å². The molecular formula is C15H16ClFN2O2. The van der Waals surface area contributed by atoms with Crippen molar-refractivity contribution in [2.75, 3.05) is 11.4 Å². The number of rotatable bonds is 2. The van der Waals surface area contributed by atoms with Gasteiger partial charge in [-0.05, 0) is 43.9 Å². The molecule has 1 heterocycles. The lowest BCUT2D eigenvalue weighted by Gasteiger charge is -2.32. The normalized spacial score (nSPS) is 26.5. The van der Waals surface area contributed by atoms with Gasteiger partial charge in [-0.25, -0.2) is 4.39 Å². The van der Waals surface area contributed by atoms with Gasteiger partial charge in [-0.3, -0.25) is 9.59 Å². The molecule has 1 unspecified atom stereocenters. The van der Waals surface area contributed by atoms with E-state index in [9.17, 15) is 14.0 Å². The fraction of sp³-hybridized carbons (Fsp3) is 0.467. The van der Waals surface area contributed by atoms with E-state index in [1.807, 2.05) is 0 Å². The third-order valence-electron chi connectivity index (χ3n) is 4.20. The second kappa shape index (κ2) is 4.98. The first kappa shape index (κ1) is 14.3. The van der Waals surface area contributed by atoms with E-state index in [-0.39, 0.29) is 35.7 Å². The summed E-state index contributed by atoms with van der Waals surface area (Å²) in [6.45, 7) is 1.98. The minimum absolute atomic E-state index is 0.150. The van der Waals surface area contributed by atoms with Crippen molar-refractivity contribution in [3.05, 3.63) is 29.0 Å². The molecule has 4 nitrogen and oxygen atoms in total. The third kappa shape index (κ3) is 2.62. The van der Waals surface area contributed by atoms with E-state index in [1.54, 1.807) is 13.0 Å².